The maximum atomic E-state index is 16.8. The van der Waals surface area contributed by atoms with Crippen molar-refractivity contribution in [3.05, 3.63) is 139 Å². The normalized spacial score (nSPS) is 17.3. The molecule has 0 bridgehead atoms. The van der Waals surface area contributed by atoms with E-state index in [9.17, 15) is 24.0 Å². The Kier molecular flexibility index (Phi) is 10.9. The van der Waals surface area contributed by atoms with E-state index in [1.54, 1.807) is 53.2 Å². The van der Waals surface area contributed by atoms with Gasteiger partial charge in [0, 0.05) is 119 Å². The fraction of sp³-hybridized carbons (Fsp3) is 0.292. The standard InChI is InChI=1S/C48H45FN8O6S/c1-52-45-32(6-4-8-37(45)57(48(52)62)38-14-15-39(58)51-47(38)61)28-53-21-23-54(24-22-53)33-12-10-30(11-13-33)35-26-34(31-7-5-19-55(29-31)41(59)17-16-40-50-18-25-64-40)44(49)36-27-43(63-46(35)36)56-20-3-2-9-42(56)60/h2-4,6-13,18,20,25-27,38H,5,14-17,19,21-24,28-29H2,1H3,(H,51,58,61). The minimum atomic E-state index is -0.741. The van der Waals surface area contributed by atoms with Crippen LogP contribution in [0.5, 0.6) is 0 Å². The molecule has 2 saturated heterocycles. The molecule has 2 fully saturated rings. The number of piperidine rings is 1. The number of hydrogen-bond donors (Lipinski definition) is 1. The van der Waals surface area contributed by atoms with Crippen LogP contribution < -0.4 is 21.5 Å². The number of para-hydroxylation sites is 1. The van der Waals surface area contributed by atoms with E-state index in [-0.39, 0.29) is 53.7 Å². The number of carbonyl (C=O) groups is 3. The Morgan fingerprint density at radius 1 is 0.953 bits per heavy atom. The number of halogens is 1. The van der Waals surface area contributed by atoms with Crippen LogP contribution in [0, 0.1) is 5.82 Å². The zero-order valence-corrected chi connectivity index (χ0v) is 36.0. The topological polar surface area (TPSA) is 148 Å². The van der Waals surface area contributed by atoms with Crippen LogP contribution in [0.4, 0.5) is 10.1 Å². The number of aromatic nitrogens is 4. The first-order chi connectivity index (χ1) is 31.1. The highest BCUT2D eigenvalue weighted by Crippen LogP contribution is 2.39. The Bertz CT molecular complexity index is 3100. The first kappa shape index (κ1) is 41.1. The summed E-state index contributed by atoms with van der Waals surface area (Å²) < 4.78 is 27.6. The lowest BCUT2D eigenvalue weighted by Gasteiger charge is -2.36. The molecular weight excluding hydrogens is 836 g/mol. The fourth-order valence-electron chi connectivity index (χ4n) is 9.37. The number of imide groups is 1. The van der Waals surface area contributed by atoms with Crippen LogP contribution in [-0.2, 0) is 34.4 Å². The number of hydrogen-bond acceptors (Lipinski definition) is 10. The number of pyridine rings is 1. The number of rotatable bonds is 10. The van der Waals surface area contributed by atoms with E-state index in [2.05, 4.69) is 32.2 Å². The van der Waals surface area contributed by atoms with Gasteiger partial charge in [-0.15, -0.1) is 11.3 Å². The number of fused-ring (bicyclic) bond motifs is 2. The highest BCUT2D eigenvalue weighted by atomic mass is 32.1. The molecule has 64 heavy (non-hydrogen) atoms. The summed E-state index contributed by atoms with van der Waals surface area (Å²) in [6.45, 7) is 4.51. The lowest BCUT2D eigenvalue weighted by atomic mass is 9.93. The molecule has 1 N–H and O–H groups in total. The second-order valence-corrected chi connectivity index (χ2v) is 17.5. The number of furan rings is 1. The van der Waals surface area contributed by atoms with Gasteiger partial charge in [0.25, 0.3) is 5.56 Å². The molecule has 7 aromatic rings. The van der Waals surface area contributed by atoms with Crippen LogP contribution in [0.2, 0.25) is 0 Å². The van der Waals surface area contributed by atoms with E-state index in [1.807, 2.05) is 41.8 Å². The quantitative estimate of drug-likeness (QED) is 0.162. The number of anilines is 1. The van der Waals surface area contributed by atoms with Gasteiger partial charge in [-0.1, -0.05) is 36.4 Å². The highest BCUT2D eigenvalue weighted by Gasteiger charge is 2.32. The lowest BCUT2D eigenvalue weighted by Crippen LogP contribution is -2.46. The van der Waals surface area contributed by atoms with E-state index < -0.39 is 17.8 Å². The van der Waals surface area contributed by atoms with Gasteiger partial charge in [0.05, 0.1) is 21.4 Å². The van der Waals surface area contributed by atoms with Gasteiger partial charge >= 0.3 is 5.69 Å². The Morgan fingerprint density at radius 3 is 2.55 bits per heavy atom. The Labute approximate surface area is 370 Å². The van der Waals surface area contributed by atoms with Crippen LogP contribution >= 0.6 is 11.3 Å². The number of amides is 3. The fourth-order valence-corrected chi connectivity index (χ4v) is 9.99. The van der Waals surface area contributed by atoms with Crippen molar-refractivity contribution in [2.45, 2.75) is 44.7 Å². The van der Waals surface area contributed by atoms with Crippen LogP contribution in [-0.4, -0.2) is 85.5 Å². The molecule has 3 aromatic carbocycles. The molecule has 7 heterocycles. The predicted molar refractivity (Wildman–Crippen MR) is 243 cm³/mol. The average Bonchev–Trinajstić information content (AvgIpc) is 4.06. The van der Waals surface area contributed by atoms with Crippen molar-refractivity contribution >= 4 is 62.3 Å². The third-order valence-corrected chi connectivity index (χ3v) is 13.5. The molecule has 3 amide bonds. The molecule has 0 aliphatic carbocycles. The van der Waals surface area contributed by atoms with Gasteiger partial charge in [0.2, 0.25) is 23.6 Å². The van der Waals surface area contributed by atoms with E-state index in [0.717, 1.165) is 53.5 Å². The van der Waals surface area contributed by atoms with Crippen molar-refractivity contribution in [1.82, 2.24) is 33.8 Å². The third-order valence-electron chi connectivity index (χ3n) is 12.7. The number of carbonyl (C=O) groups excluding carboxylic acids is 3. The zero-order valence-electron chi connectivity index (χ0n) is 35.2. The molecule has 14 nitrogen and oxygen atoms in total. The van der Waals surface area contributed by atoms with Gasteiger partial charge in [0.15, 0.2) is 0 Å². The second kappa shape index (κ2) is 17.0. The summed E-state index contributed by atoms with van der Waals surface area (Å²) in [6.07, 6.45) is 7.27. The number of benzene rings is 3. The number of aryl methyl sites for hydroxylation is 2. The Morgan fingerprint density at radius 2 is 1.78 bits per heavy atom. The first-order valence-electron chi connectivity index (χ1n) is 21.5. The van der Waals surface area contributed by atoms with Crippen molar-refractivity contribution in [3.63, 3.8) is 0 Å². The molecule has 3 aliphatic heterocycles. The summed E-state index contributed by atoms with van der Waals surface area (Å²) in [7, 11) is 1.72. The van der Waals surface area contributed by atoms with Gasteiger partial charge in [-0.05, 0) is 59.9 Å². The van der Waals surface area contributed by atoms with E-state index in [0.29, 0.717) is 60.2 Å². The van der Waals surface area contributed by atoms with Gasteiger partial charge < -0.3 is 14.2 Å². The van der Waals surface area contributed by atoms with Crippen molar-refractivity contribution < 1.29 is 23.2 Å². The second-order valence-electron chi connectivity index (χ2n) is 16.6. The van der Waals surface area contributed by atoms with Crippen molar-refractivity contribution in [1.29, 1.82) is 0 Å². The molecule has 0 radical (unpaired) electrons. The molecule has 1 unspecified atom stereocenters. The number of piperazine rings is 1. The minimum absolute atomic E-state index is 0.000907. The van der Waals surface area contributed by atoms with Crippen LogP contribution in [0.3, 0.4) is 0 Å². The lowest BCUT2D eigenvalue weighted by molar-refractivity contribution is -0.136. The molecule has 1 atom stereocenters. The number of nitrogens with one attached hydrogen (secondary N) is 1. The number of thiazole rings is 1. The first-order valence-corrected chi connectivity index (χ1v) is 22.4. The largest absolute Gasteiger partial charge is 0.439 e. The van der Waals surface area contributed by atoms with Crippen molar-refractivity contribution in [3.8, 4) is 17.0 Å². The van der Waals surface area contributed by atoms with Gasteiger partial charge in [-0.3, -0.25) is 43.1 Å². The highest BCUT2D eigenvalue weighted by molar-refractivity contribution is 7.09. The van der Waals surface area contributed by atoms with Crippen LogP contribution in [0.25, 0.3) is 44.6 Å². The van der Waals surface area contributed by atoms with Gasteiger partial charge in [-0.25, -0.2) is 14.2 Å². The number of imidazole rings is 1. The van der Waals surface area contributed by atoms with Crippen LogP contribution in [0.15, 0.2) is 111 Å². The average molecular weight is 881 g/mol. The Hall–Kier alpha value is -6.91. The van der Waals surface area contributed by atoms with E-state index in [4.69, 9.17) is 4.42 Å². The summed E-state index contributed by atoms with van der Waals surface area (Å²) in [6, 6.07) is 21.3. The third kappa shape index (κ3) is 7.66. The van der Waals surface area contributed by atoms with Crippen LogP contribution in [0.1, 0.15) is 47.9 Å². The molecule has 0 saturated carbocycles. The molecule has 10 rings (SSSR count). The number of nitrogens with zero attached hydrogens (tertiary/aromatic N) is 7. The monoisotopic (exact) mass is 880 g/mol. The van der Waals surface area contributed by atoms with Crippen molar-refractivity contribution in [2.75, 3.05) is 44.2 Å². The maximum Gasteiger partial charge on any atom is 0.329 e. The molecule has 0 spiro atoms. The van der Waals surface area contributed by atoms with Gasteiger partial charge in [0.1, 0.15) is 17.4 Å². The molecule has 16 heteroatoms. The summed E-state index contributed by atoms with van der Waals surface area (Å²) >= 11 is 1.52. The zero-order chi connectivity index (χ0) is 44.1. The van der Waals surface area contributed by atoms with Gasteiger partial charge in [-0.2, -0.15) is 0 Å². The molecular formula is C48H45FN8O6S. The molecule has 326 valence electrons. The SMILES string of the molecule is Cn1c(=O)n(C2CCC(=O)NC2=O)c2cccc(CN3CCN(c4ccc(-c5cc(C6=CCCN(C(=O)CCc7nccs7)C6)c(F)c6cc(-n7ccccc7=O)oc56)cc4)CC3)c21. The predicted octanol–water partition coefficient (Wildman–Crippen LogP) is 6.05. The smallest absolute Gasteiger partial charge is 0.329 e. The summed E-state index contributed by atoms with van der Waals surface area (Å²) in [5, 5.41) is 5.43. The molecule has 4 aromatic heterocycles. The minimum Gasteiger partial charge on any atom is -0.439 e. The summed E-state index contributed by atoms with van der Waals surface area (Å²) in [5.74, 6) is -1.05. The van der Waals surface area contributed by atoms with E-state index >= 15 is 4.39 Å². The summed E-state index contributed by atoms with van der Waals surface area (Å²) in [5.41, 5.74) is 5.78. The molecule has 3 aliphatic rings. The summed E-state index contributed by atoms with van der Waals surface area (Å²) in [4.78, 5) is 75.0. The maximum absolute atomic E-state index is 16.8. The van der Waals surface area contributed by atoms with E-state index in [1.165, 1.54) is 26.5 Å². The Balaban J connectivity index is 0.889. The van der Waals surface area contributed by atoms with Crippen molar-refractivity contribution in [2.24, 2.45) is 7.05 Å².